The molecule has 0 bridgehead atoms. The van der Waals surface area contributed by atoms with E-state index >= 15 is 0 Å². The monoisotopic (exact) mass is 260 g/mol. The van der Waals surface area contributed by atoms with Gasteiger partial charge >= 0.3 is 5.97 Å². The van der Waals surface area contributed by atoms with Gasteiger partial charge in [0.1, 0.15) is 0 Å². The fourth-order valence-corrected chi connectivity index (χ4v) is 3.82. The average molecular weight is 260 g/mol. The number of hydrogen-bond acceptors (Lipinski definition) is 3. The Kier molecular flexibility index (Phi) is 4.76. The minimum atomic E-state index is -0.800. The molecule has 1 atom stereocenters. The van der Waals surface area contributed by atoms with E-state index in [4.69, 9.17) is 0 Å². The molecule has 1 rings (SSSR count). The van der Waals surface area contributed by atoms with Crippen molar-refractivity contribution >= 4 is 16.8 Å². The molecule has 0 N–H and O–H groups in total. The summed E-state index contributed by atoms with van der Waals surface area (Å²) in [5.41, 5.74) is 0.227. The minimum absolute atomic E-state index is 0.00413. The van der Waals surface area contributed by atoms with E-state index in [-0.39, 0.29) is 16.8 Å². The lowest BCUT2D eigenvalue weighted by Gasteiger charge is -2.19. The summed E-state index contributed by atoms with van der Waals surface area (Å²) < 4.78 is 16.7. The van der Waals surface area contributed by atoms with E-state index in [1.807, 2.05) is 0 Å². The molecule has 0 aliphatic heterocycles. The van der Waals surface area contributed by atoms with Crippen molar-refractivity contribution < 1.29 is 13.7 Å². The number of rotatable bonds is 6. The molecule has 100 valence electrons. The predicted octanol–water partition coefficient (Wildman–Crippen LogP) is 2.51. The van der Waals surface area contributed by atoms with Crippen LogP contribution in [-0.2, 0) is 20.3 Å². The molecule has 1 fully saturated rings. The third-order valence-corrected chi connectivity index (χ3v) is 4.84. The first-order chi connectivity index (χ1) is 7.76. The Morgan fingerprint density at radius 1 is 1.35 bits per heavy atom. The van der Waals surface area contributed by atoms with E-state index in [0.29, 0.717) is 12.2 Å². The van der Waals surface area contributed by atoms with Crippen molar-refractivity contribution in [2.45, 2.75) is 46.5 Å². The summed E-state index contributed by atoms with van der Waals surface area (Å²) in [5.74, 6) is 1.24. The average Bonchev–Trinajstić information content (AvgIpc) is 2.93. The molecular weight excluding hydrogens is 236 g/mol. The Hall–Kier alpha value is -0.380. The standard InChI is InChI=1S/C13H24O3S/c1-12(2,3)7-8-17(15)10-13(5-6-13)9-11(14)16-4/h5-10H2,1-4H3. The zero-order valence-electron chi connectivity index (χ0n) is 11.4. The van der Waals surface area contributed by atoms with Crippen LogP contribution in [0.5, 0.6) is 0 Å². The van der Waals surface area contributed by atoms with Gasteiger partial charge in [-0.2, -0.15) is 0 Å². The molecule has 0 spiro atoms. The maximum Gasteiger partial charge on any atom is 0.306 e. The largest absolute Gasteiger partial charge is 0.469 e. The lowest BCUT2D eigenvalue weighted by atomic mass is 9.94. The summed E-state index contributed by atoms with van der Waals surface area (Å²) in [6, 6.07) is 0. The van der Waals surface area contributed by atoms with Gasteiger partial charge in [0, 0.05) is 22.3 Å². The number of carbonyl (C=O) groups excluding carboxylic acids is 1. The highest BCUT2D eigenvalue weighted by Gasteiger charge is 2.45. The second kappa shape index (κ2) is 5.51. The number of esters is 1. The van der Waals surface area contributed by atoms with Gasteiger partial charge in [0.05, 0.1) is 13.5 Å². The van der Waals surface area contributed by atoms with Gasteiger partial charge in [-0.3, -0.25) is 9.00 Å². The van der Waals surface area contributed by atoms with Crippen molar-refractivity contribution in [1.29, 1.82) is 0 Å². The van der Waals surface area contributed by atoms with Crippen LogP contribution in [0, 0.1) is 10.8 Å². The van der Waals surface area contributed by atoms with Gasteiger partial charge in [-0.05, 0) is 30.1 Å². The van der Waals surface area contributed by atoms with Crippen LogP contribution >= 0.6 is 0 Å². The molecule has 0 amide bonds. The summed E-state index contributed by atoms with van der Waals surface area (Å²) in [5, 5.41) is 0. The van der Waals surface area contributed by atoms with Gasteiger partial charge in [-0.15, -0.1) is 0 Å². The Bertz CT molecular complexity index is 300. The molecule has 0 aromatic carbocycles. The van der Waals surface area contributed by atoms with Crippen molar-refractivity contribution in [2.75, 3.05) is 18.6 Å². The van der Waals surface area contributed by atoms with E-state index in [1.165, 1.54) is 7.11 Å². The highest BCUT2D eigenvalue weighted by atomic mass is 32.2. The Balaban J connectivity index is 2.33. The van der Waals surface area contributed by atoms with Crippen LogP contribution in [0.1, 0.15) is 46.5 Å². The van der Waals surface area contributed by atoms with Crippen LogP contribution in [0.3, 0.4) is 0 Å². The molecule has 0 saturated heterocycles. The highest BCUT2D eigenvalue weighted by Crippen LogP contribution is 2.49. The number of hydrogen-bond donors (Lipinski definition) is 0. The van der Waals surface area contributed by atoms with Crippen LogP contribution in [0.15, 0.2) is 0 Å². The molecule has 0 heterocycles. The van der Waals surface area contributed by atoms with Crippen LogP contribution in [-0.4, -0.2) is 28.8 Å². The van der Waals surface area contributed by atoms with Gasteiger partial charge in [0.2, 0.25) is 0 Å². The number of methoxy groups -OCH3 is 1. The van der Waals surface area contributed by atoms with Gasteiger partial charge in [0.15, 0.2) is 0 Å². The lowest BCUT2D eigenvalue weighted by Crippen LogP contribution is -2.20. The van der Waals surface area contributed by atoms with Crippen LogP contribution in [0.2, 0.25) is 0 Å². The summed E-state index contributed by atoms with van der Waals surface area (Å²) in [6.45, 7) is 6.47. The van der Waals surface area contributed by atoms with Gasteiger partial charge in [-0.1, -0.05) is 20.8 Å². The van der Waals surface area contributed by atoms with E-state index < -0.39 is 10.8 Å². The Morgan fingerprint density at radius 3 is 2.35 bits per heavy atom. The van der Waals surface area contributed by atoms with Crippen molar-refractivity contribution in [2.24, 2.45) is 10.8 Å². The third kappa shape index (κ3) is 5.66. The lowest BCUT2D eigenvalue weighted by molar-refractivity contribution is -0.141. The first-order valence-corrected chi connectivity index (χ1v) is 7.67. The quantitative estimate of drug-likeness (QED) is 0.689. The maximum atomic E-state index is 12.0. The van der Waals surface area contributed by atoms with E-state index in [0.717, 1.165) is 25.0 Å². The fraction of sp³-hybridized carbons (Fsp3) is 0.923. The molecule has 0 radical (unpaired) electrons. The maximum absolute atomic E-state index is 12.0. The van der Waals surface area contributed by atoms with Crippen LogP contribution in [0.25, 0.3) is 0 Å². The smallest absolute Gasteiger partial charge is 0.306 e. The van der Waals surface area contributed by atoms with E-state index in [2.05, 4.69) is 25.5 Å². The molecule has 4 heteroatoms. The van der Waals surface area contributed by atoms with E-state index in [1.54, 1.807) is 0 Å². The van der Waals surface area contributed by atoms with Crippen molar-refractivity contribution in [3.63, 3.8) is 0 Å². The van der Waals surface area contributed by atoms with Crippen molar-refractivity contribution in [3.05, 3.63) is 0 Å². The van der Waals surface area contributed by atoms with Crippen LogP contribution < -0.4 is 0 Å². The van der Waals surface area contributed by atoms with Gasteiger partial charge < -0.3 is 4.74 Å². The van der Waals surface area contributed by atoms with E-state index in [9.17, 15) is 9.00 Å². The molecule has 0 aromatic rings. The van der Waals surface area contributed by atoms with Gasteiger partial charge in [-0.25, -0.2) is 0 Å². The zero-order valence-corrected chi connectivity index (χ0v) is 12.2. The SMILES string of the molecule is COC(=O)CC1(CS(=O)CCC(C)(C)C)CC1. The van der Waals surface area contributed by atoms with Crippen molar-refractivity contribution in [3.8, 4) is 0 Å². The molecule has 1 saturated carbocycles. The first-order valence-electron chi connectivity index (χ1n) is 6.18. The normalized spacial score (nSPS) is 19.8. The minimum Gasteiger partial charge on any atom is -0.469 e. The predicted molar refractivity (Wildman–Crippen MR) is 70.2 cm³/mol. The molecule has 1 unspecified atom stereocenters. The Labute approximate surface area is 107 Å². The molecular formula is C13H24O3S. The van der Waals surface area contributed by atoms with Crippen LogP contribution in [0.4, 0.5) is 0 Å². The number of ether oxygens (including phenoxy) is 1. The first kappa shape index (κ1) is 14.7. The molecule has 3 nitrogen and oxygen atoms in total. The fourth-order valence-electron chi connectivity index (χ4n) is 1.76. The summed E-state index contributed by atoms with van der Waals surface area (Å²) in [4.78, 5) is 11.2. The zero-order chi connectivity index (χ0) is 13.1. The second-order valence-electron chi connectivity index (χ2n) is 6.35. The third-order valence-electron chi connectivity index (χ3n) is 3.25. The topological polar surface area (TPSA) is 43.4 Å². The van der Waals surface area contributed by atoms with Crippen molar-refractivity contribution in [1.82, 2.24) is 0 Å². The Morgan fingerprint density at radius 2 is 1.94 bits per heavy atom. The summed E-state index contributed by atoms with van der Waals surface area (Å²) in [6.07, 6.45) is 3.44. The second-order valence-corrected chi connectivity index (χ2v) is 7.93. The molecule has 1 aliphatic carbocycles. The summed E-state index contributed by atoms with van der Waals surface area (Å²) in [7, 11) is 0.612. The molecule has 17 heavy (non-hydrogen) atoms. The molecule has 0 aromatic heterocycles. The molecule has 1 aliphatic rings. The highest BCUT2D eigenvalue weighted by molar-refractivity contribution is 7.85. The van der Waals surface area contributed by atoms with Gasteiger partial charge in [0.25, 0.3) is 0 Å². The summed E-state index contributed by atoms with van der Waals surface area (Å²) >= 11 is 0. The number of carbonyl (C=O) groups is 1.